The lowest BCUT2D eigenvalue weighted by Crippen LogP contribution is -2.30. The van der Waals surface area contributed by atoms with Gasteiger partial charge in [-0.3, -0.25) is 0 Å². The van der Waals surface area contributed by atoms with Crippen LogP contribution < -0.4 is 20.3 Å². The van der Waals surface area contributed by atoms with E-state index in [9.17, 15) is 17.2 Å². The van der Waals surface area contributed by atoms with Gasteiger partial charge in [0.2, 0.25) is 16.0 Å². The maximum Gasteiger partial charge on any atom is 0.238 e. The third-order valence-corrected chi connectivity index (χ3v) is 5.92. The van der Waals surface area contributed by atoms with Gasteiger partial charge in [-0.2, -0.15) is 4.98 Å². The number of nitrogens with zero attached hydrogens (tertiary/aromatic N) is 4. The highest BCUT2D eigenvalue weighted by Crippen LogP contribution is 2.29. The molecular weight excluding hydrogens is 426 g/mol. The Balaban J connectivity index is 1.60. The van der Waals surface area contributed by atoms with E-state index in [0.29, 0.717) is 25.3 Å². The zero-order valence-corrected chi connectivity index (χ0v) is 17.4. The number of nitrogens with one attached hydrogen (secondary N) is 1. The van der Waals surface area contributed by atoms with Crippen LogP contribution in [0, 0.1) is 11.6 Å². The summed E-state index contributed by atoms with van der Waals surface area (Å²) in [5.41, 5.74) is 2.12. The predicted molar refractivity (Wildman–Crippen MR) is 114 cm³/mol. The van der Waals surface area contributed by atoms with Gasteiger partial charge in [0.15, 0.2) is 11.6 Å². The van der Waals surface area contributed by atoms with Crippen LogP contribution in [0.4, 0.5) is 31.9 Å². The molecule has 0 aliphatic carbocycles. The number of halogens is 2. The highest BCUT2D eigenvalue weighted by molar-refractivity contribution is 7.89. The molecule has 0 radical (unpaired) electrons. The SMILES string of the molecule is CN1CCN(c2nc(Nc3ccc(S(N)(=O)=O)cc3)ncc2F)Cc2ccc(F)cc21. The van der Waals surface area contributed by atoms with Gasteiger partial charge < -0.3 is 15.1 Å². The highest BCUT2D eigenvalue weighted by Gasteiger charge is 2.22. The molecule has 8 nitrogen and oxygen atoms in total. The molecule has 0 saturated carbocycles. The van der Waals surface area contributed by atoms with Crippen molar-refractivity contribution >= 4 is 33.2 Å². The van der Waals surface area contributed by atoms with E-state index in [1.165, 1.54) is 36.4 Å². The van der Waals surface area contributed by atoms with Crippen LogP contribution in [0.3, 0.4) is 0 Å². The van der Waals surface area contributed by atoms with Crippen molar-refractivity contribution in [3.63, 3.8) is 0 Å². The normalized spacial score (nSPS) is 14.2. The van der Waals surface area contributed by atoms with Gasteiger partial charge in [-0.15, -0.1) is 0 Å². The van der Waals surface area contributed by atoms with Crippen LogP contribution in [-0.4, -0.2) is 38.5 Å². The molecule has 31 heavy (non-hydrogen) atoms. The van der Waals surface area contributed by atoms with E-state index < -0.39 is 15.8 Å². The lowest BCUT2D eigenvalue weighted by atomic mass is 10.1. The van der Waals surface area contributed by atoms with Crippen molar-refractivity contribution in [1.82, 2.24) is 9.97 Å². The number of sulfonamides is 1. The number of aromatic nitrogens is 2. The van der Waals surface area contributed by atoms with Gasteiger partial charge in [-0.1, -0.05) is 6.07 Å². The van der Waals surface area contributed by atoms with Crippen molar-refractivity contribution in [1.29, 1.82) is 0 Å². The number of nitrogens with two attached hydrogens (primary N) is 1. The van der Waals surface area contributed by atoms with Crippen LogP contribution in [0.1, 0.15) is 5.56 Å². The molecule has 0 spiro atoms. The molecule has 0 saturated heterocycles. The lowest BCUT2D eigenvalue weighted by Gasteiger charge is -2.22. The first-order valence-corrected chi connectivity index (χ1v) is 10.9. The van der Waals surface area contributed by atoms with E-state index in [2.05, 4.69) is 15.3 Å². The van der Waals surface area contributed by atoms with Crippen molar-refractivity contribution in [2.24, 2.45) is 5.14 Å². The molecule has 0 fully saturated rings. The van der Waals surface area contributed by atoms with Crippen molar-refractivity contribution in [2.75, 3.05) is 35.3 Å². The van der Waals surface area contributed by atoms with Crippen LogP contribution >= 0.6 is 0 Å². The topological polar surface area (TPSA) is 104 Å². The van der Waals surface area contributed by atoms with E-state index >= 15 is 0 Å². The zero-order valence-electron chi connectivity index (χ0n) is 16.6. The third kappa shape index (κ3) is 4.57. The Bertz CT molecular complexity index is 1220. The van der Waals surface area contributed by atoms with Gasteiger partial charge in [-0.25, -0.2) is 27.3 Å². The van der Waals surface area contributed by atoms with Gasteiger partial charge in [0, 0.05) is 38.1 Å². The molecule has 0 atom stereocenters. The number of anilines is 4. The Morgan fingerprint density at radius 2 is 1.84 bits per heavy atom. The van der Waals surface area contributed by atoms with E-state index in [0.717, 1.165) is 17.4 Å². The molecule has 3 aromatic rings. The maximum atomic E-state index is 14.6. The summed E-state index contributed by atoms with van der Waals surface area (Å²) in [4.78, 5) is 11.9. The lowest BCUT2D eigenvalue weighted by molar-refractivity contribution is 0.597. The Labute approximate surface area is 178 Å². The van der Waals surface area contributed by atoms with E-state index in [4.69, 9.17) is 5.14 Å². The Hall–Kier alpha value is -3.31. The van der Waals surface area contributed by atoms with E-state index in [-0.39, 0.29) is 22.5 Å². The van der Waals surface area contributed by atoms with Crippen LogP contribution in [0.15, 0.2) is 53.6 Å². The molecular formula is C20H20F2N6O2S. The second kappa shape index (κ2) is 8.08. The number of hydrogen-bond acceptors (Lipinski definition) is 7. The second-order valence-corrected chi connectivity index (χ2v) is 8.74. The summed E-state index contributed by atoms with van der Waals surface area (Å²) in [7, 11) is -1.94. The molecule has 0 bridgehead atoms. The average Bonchev–Trinajstić information content (AvgIpc) is 2.88. The largest absolute Gasteiger partial charge is 0.372 e. The fraction of sp³-hybridized carbons (Fsp3) is 0.200. The number of fused-ring (bicyclic) bond motifs is 1. The van der Waals surface area contributed by atoms with Crippen molar-refractivity contribution in [2.45, 2.75) is 11.4 Å². The van der Waals surface area contributed by atoms with Crippen molar-refractivity contribution in [3.05, 3.63) is 65.9 Å². The van der Waals surface area contributed by atoms with Gasteiger partial charge >= 0.3 is 0 Å². The van der Waals surface area contributed by atoms with Crippen LogP contribution in [0.5, 0.6) is 0 Å². The van der Waals surface area contributed by atoms with Crippen molar-refractivity contribution in [3.8, 4) is 0 Å². The molecule has 2 aromatic carbocycles. The molecule has 1 aromatic heterocycles. The third-order valence-electron chi connectivity index (χ3n) is 4.99. The molecule has 3 N–H and O–H groups in total. The Morgan fingerprint density at radius 3 is 2.55 bits per heavy atom. The smallest absolute Gasteiger partial charge is 0.238 e. The number of hydrogen-bond donors (Lipinski definition) is 2. The monoisotopic (exact) mass is 446 g/mol. The minimum atomic E-state index is -3.80. The molecule has 162 valence electrons. The summed E-state index contributed by atoms with van der Waals surface area (Å²) in [6.45, 7) is 1.39. The Morgan fingerprint density at radius 1 is 1.10 bits per heavy atom. The number of rotatable bonds is 4. The Kier molecular flexibility index (Phi) is 5.46. The van der Waals surface area contributed by atoms with Gasteiger partial charge in [-0.05, 0) is 42.0 Å². The van der Waals surface area contributed by atoms with Gasteiger partial charge in [0.25, 0.3) is 0 Å². The molecule has 2 heterocycles. The summed E-state index contributed by atoms with van der Waals surface area (Å²) < 4.78 is 51.0. The summed E-state index contributed by atoms with van der Waals surface area (Å²) >= 11 is 0. The minimum Gasteiger partial charge on any atom is -0.372 e. The molecule has 4 rings (SSSR count). The first kappa shape index (κ1) is 20.9. The fourth-order valence-corrected chi connectivity index (χ4v) is 3.90. The summed E-state index contributed by atoms with van der Waals surface area (Å²) in [6, 6.07) is 10.3. The first-order valence-electron chi connectivity index (χ1n) is 9.37. The van der Waals surface area contributed by atoms with Crippen LogP contribution in [-0.2, 0) is 16.6 Å². The molecule has 1 aliphatic rings. The fourth-order valence-electron chi connectivity index (χ4n) is 3.38. The summed E-state index contributed by atoms with van der Waals surface area (Å²) in [5.74, 6) is -0.642. The summed E-state index contributed by atoms with van der Waals surface area (Å²) in [5, 5.41) is 8.03. The second-order valence-electron chi connectivity index (χ2n) is 7.18. The zero-order chi connectivity index (χ0) is 22.2. The van der Waals surface area contributed by atoms with Crippen molar-refractivity contribution < 1.29 is 17.2 Å². The molecule has 1 aliphatic heterocycles. The van der Waals surface area contributed by atoms with E-state index in [1.54, 1.807) is 11.0 Å². The van der Waals surface area contributed by atoms with Crippen LogP contribution in [0.25, 0.3) is 0 Å². The number of likely N-dealkylation sites (N-methyl/N-ethyl adjacent to an activating group) is 1. The molecule has 0 unspecified atom stereocenters. The van der Waals surface area contributed by atoms with Gasteiger partial charge in [0.05, 0.1) is 11.1 Å². The van der Waals surface area contributed by atoms with E-state index in [1.807, 2.05) is 11.9 Å². The number of benzene rings is 2. The van der Waals surface area contributed by atoms with Crippen LogP contribution in [0.2, 0.25) is 0 Å². The predicted octanol–water partition coefficient (Wildman–Crippen LogP) is 2.60. The maximum absolute atomic E-state index is 14.6. The molecule has 11 heteroatoms. The highest BCUT2D eigenvalue weighted by atomic mass is 32.2. The minimum absolute atomic E-state index is 0.0254. The summed E-state index contributed by atoms with van der Waals surface area (Å²) in [6.07, 6.45) is 1.07. The molecule has 0 amide bonds. The first-order chi connectivity index (χ1) is 14.7. The average molecular weight is 446 g/mol. The quantitative estimate of drug-likeness (QED) is 0.635. The standard InChI is InChI=1S/C20H20F2N6O2S/c1-27-8-9-28(12-13-2-3-14(21)10-18(13)27)19-17(22)11-24-20(26-19)25-15-4-6-16(7-5-15)31(23,29)30/h2-7,10-11H,8-9,12H2,1H3,(H2,23,29,30)(H,24,25,26). The number of primary sulfonamides is 1. The van der Waals surface area contributed by atoms with Gasteiger partial charge in [0.1, 0.15) is 5.82 Å².